The number of nitrogens with two attached hydrogens (primary N) is 2. The van der Waals surface area contributed by atoms with Crippen LogP contribution in [-0.4, -0.2) is 11.9 Å². The van der Waals surface area contributed by atoms with Gasteiger partial charge in [0.2, 0.25) is 5.91 Å². The Kier molecular flexibility index (Phi) is 2.67. The van der Waals surface area contributed by atoms with Crippen LogP contribution in [0.2, 0.25) is 0 Å². The predicted molar refractivity (Wildman–Crippen MR) is 30.6 cm³/mol. The second-order valence-electron chi connectivity index (χ2n) is 1.42. The van der Waals surface area contributed by atoms with Crippen LogP contribution in [0.3, 0.4) is 0 Å². The van der Waals surface area contributed by atoms with Crippen molar-refractivity contribution in [1.29, 1.82) is 0 Å². The number of carbonyl (C=O) groups is 1. The maximum atomic E-state index is 10.1. The summed E-state index contributed by atoms with van der Waals surface area (Å²) in [7, 11) is 0. The second-order valence-corrected chi connectivity index (χ2v) is 1.42. The summed E-state index contributed by atoms with van der Waals surface area (Å²) in [6.07, 6.45) is 5.05. The molecule has 0 spiro atoms. The van der Waals surface area contributed by atoms with Crippen LogP contribution in [0.15, 0.2) is 0 Å². The molecule has 8 heavy (non-hydrogen) atoms. The molecule has 0 radical (unpaired) electrons. The van der Waals surface area contributed by atoms with Crippen LogP contribution in [-0.2, 0) is 4.79 Å². The fourth-order valence-corrected chi connectivity index (χ4v) is 0.228. The SMILES string of the molecule is C#CC[C@@H](N)C(N)=O. The van der Waals surface area contributed by atoms with Gasteiger partial charge in [0.1, 0.15) is 0 Å². The van der Waals surface area contributed by atoms with Gasteiger partial charge in [0, 0.05) is 6.42 Å². The number of primary amides is 1. The van der Waals surface area contributed by atoms with E-state index in [1.165, 1.54) is 0 Å². The molecule has 1 atom stereocenters. The van der Waals surface area contributed by atoms with Crippen LogP contribution in [0.1, 0.15) is 6.42 Å². The van der Waals surface area contributed by atoms with E-state index in [0.29, 0.717) is 0 Å². The lowest BCUT2D eigenvalue weighted by Gasteiger charge is -1.98. The molecule has 3 heteroatoms. The van der Waals surface area contributed by atoms with Gasteiger partial charge >= 0.3 is 0 Å². The number of hydrogen-bond acceptors (Lipinski definition) is 2. The van der Waals surface area contributed by atoms with Crippen LogP contribution in [0.5, 0.6) is 0 Å². The Labute approximate surface area is 48.0 Å². The molecule has 0 saturated heterocycles. The molecule has 0 saturated carbocycles. The highest BCUT2D eigenvalue weighted by Crippen LogP contribution is 1.80. The van der Waals surface area contributed by atoms with Crippen molar-refractivity contribution in [2.45, 2.75) is 12.5 Å². The van der Waals surface area contributed by atoms with Crippen LogP contribution in [0.25, 0.3) is 0 Å². The van der Waals surface area contributed by atoms with E-state index in [1.807, 2.05) is 0 Å². The average molecular weight is 112 g/mol. The Hall–Kier alpha value is -1.01. The fraction of sp³-hybridized carbons (Fsp3) is 0.400. The van der Waals surface area contributed by atoms with E-state index in [1.54, 1.807) is 0 Å². The second kappa shape index (κ2) is 3.05. The quantitative estimate of drug-likeness (QED) is 0.441. The molecular formula is C5H8N2O. The first kappa shape index (κ1) is 6.99. The maximum Gasteiger partial charge on any atom is 0.235 e. The predicted octanol–water partition coefficient (Wildman–Crippen LogP) is -1.18. The number of carbonyl (C=O) groups excluding carboxylic acids is 1. The Bertz CT molecular complexity index is 125. The van der Waals surface area contributed by atoms with Gasteiger partial charge in [0.05, 0.1) is 6.04 Å². The molecular weight excluding hydrogens is 104 g/mol. The Morgan fingerprint density at radius 3 is 2.50 bits per heavy atom. The van der Waals surface area contributed by atoms with E-state index in [2.05, 4.69) is 5.92 Å². The molecule has 44 valence electrons. The molecule has 0 aliphatic rings. The summed E-state index contributed by atoms with van der Waals surface area (Å²) in [5.41, 5.74) is 9.87. The Morgan fingerprint density at radius 1 is 1.88 bits per heavy atom. The van der Waals surface area contributed by atoms with Gasteiger partial charge in [-0.1, -0.05) is 0 Å². The molecule has 0 aliphatic carbocycles. The van der Waals surface area contributed by atoms with Gasteiger partial charge in [0.15, 0.2) is 0 Å². The minimum Gasteiger partial charge on any atom is -0.368 e. The summed E-state index contributed by atoms with van der Waals surface area (Å²) in [4.78, 5) is 10.1. The molecule has 0 heterocycles. The fourth-order valence-electron chi connectivity index (χ4n) is 0.228. The zero-order valence-corrected chi connectivity index (χ0v) is 4.42. The summed E-state index contributed by atoms with van der Waals surface area (Å²) < 4.78 is 0. The van der Waals surface area contributed by atoms with E-state index in [4.69, 9.17) is 17.9 Å². The lowest BCUT2D eigenvalue weighted by atomic mass is 10.2. The number of amides is 1. The molecule has 0 unspecified atom stereocenters. The van der Waals surface area contributed by atoms with Crippen molar-refractivity contribution in [3.05, 3.63) is 0 Å². The van der Waals surface area contributed by atoms with Gasteiger partial charge in [-0.05, 0) is 0 Å². The van der Waals surface area contributed by atoms with E-state index in [-0.39, 0.29) is 6.42 Å². The van der Waals surface area contributed by atoms with Gasteiger partial charge < -0.3 is 11.5 Å². The zero-order chi connectivity index (χ0) is 6.57. The first-order chi connectivity index (χ1) is 3.68. The summed E-state index contributed by atoms with van der Waals surface area (Å²) in [6, 6.07) is -0.681. The molecule has 3 nitrogen and oxygen atoms in total. The summed E-state index contributed by atoms with van der Waals surface area (Å²) in [5.74, 6) is 1.67. The summed E-state index contributed by atoms with van der Waals surface area (Å²) in [6.45, 7) is 0. The van der Waals surface area contributed by atoms with E-state index < -0.39 is 11.9 Å². The molecule has 0 aromatic carbocycles. The smallest absolute Gasteiger partial charge is 0.235 e. The van der Waals surface area contributed by atoms with Crippen molar-refractivity contribution >= 4 is 5.91 Å². The Morgan fingerprint density at radius 2 is 2.38 bits per heavy atom. The summed E-state index contributed by atoms with van der Waals surface area (Å²) in [5, 5.41) is 0. The highest BCUT2D eigenvalue weighted by molar-refractivity contribution is 5.79. The third kappa shape index (κ3) is 2.21. The highest BCUT2D eigenvalue weighted by Gasteiger charge is 2.04. The van der Waals surface area contributed by atoms with Gasteiger partial charge in [-0.3, -0.25) is 4.79 Å². The highest BCUT2D eigenvalue weighted by atomic mass is 16.1. The maximum absolute atomic E-state index is 10.1. The standard InChI is InChI=1S/C5H8N2O/c1-2-3-4(6)5(7)8/h1,4H,3,6H2,(H2,7,8)/t4-/m1/s1. The van der Waals surface area contributed by atoms with E-state index >= 15 is 0 Å². The zero-order valence-electron chi connectivity index (χ0n) is 4.42. The van der Waals surface area contributed by atoms with Crippen LogP contribution >= 0.6 is 0 Å². The van der Waals surface area contributed by atoms with Crippen LogP contribution in [0.4, 0.5) is 0 Å². The number of terminal acetylenes is 1. The molecule has 0 rings (SSSR count). The van der Waals surface area contributed by atoms with Crippen molar-refractivity contribution in [3.8, 4) is 12.3 Å². The van der Waals surface area contributed by atoms with Crippen molar-refractivity contribution < 1.29 is 4.79 Å². The lowest BCUT2D eigenvalue weighted by Crippen LogP contribution is -2.35. The van der Waals surface area contributed by atoms with Crippen LogP contribution in [0, 0.1) is 12.3 Å². The van der Waals surface area contributed by atoms with Crippen molar-refractivity contribution in [2.24, 2.45) is 11.5 Å². The largest absolute Gasteiger partial charge is 0.368 e. The number of rotatable bonds is 2. The minimum atomic E-state index is -0.681. The van der Waals surface area contributed by atoms with Crippen molar-refractivity contribution in [2.75, 3.05) is 0 Å². The van der Waals surface area contributed by atoms with Crippen molar-refractivity contribution in [1.82, 2.24) is 0 Å². The molecule has 0 bridgehead atoms. The molecule has 0 fully saturated rings. The molecule has 0 aromatic heterocycles. The normalized spacial score (nSPS) is 12.0. The number of hydrogen-bond donors (Lipinski definition) is 2. The third-order valence-electron chi connectivity index (χ3n) is 0.703. The molecule has 1 amide bonds. The Balaban J connectivity index is 3.52. The topological polar surface area (TPSA) is 69.1 Å². The molecule has 0 aliphatic heterocycles. The third-order valence-corrected chi connectivity index (χ3v) is 0.703. The summed E-state index contributed by atoms with van der Waals surface area (Å²) >= 11 is 0. The molecule has 4 N–H and O–H groups in total. The molecule has 0 aromatic rings. The monoisotopic (exact) mass is 112 g/mol. The van der Waals surface area contributed by atoms with E-state index in [9.17, 15) is 4.79 Å². The first-order valence-corrected chi connectivity index (χ1v) is 2.17. The van der Waals surface area contributed by atoms with Crippen molar-refractivity contribution in [3.63, 3.8) is 0 Å². The minimum absolute atomic E-state index is 0.218. The van der Waals surface area contributed by atoms with Gasteiger partial charge in [-0.25, -0.2) is 0 Å². The van der Waals surface area contributed by atoms with Gasteiger partial charge in [-0.15, -0.1) is 12.3 Å². The van der Waals surface area contributed by atoms with Crippen LogP contribution < -0.4 is 11.5 Å². The van der Waals surface area contributed by atoms with E-state index in [0.717, 1.165) is 0 Å². The first-order valence-electron chi connectivity index (χ1n) is 2.17. The average Bonchev–Trinajstić information content (AvgIpc) is 1.67. The van der Waals surface area contributed by atoms with Gasteiger partial charge in [0.25, 0.3) is 0 Å². The van der Waals surface area contributed by atoms with Gasteiger partial charge in [-0.2, -0.15) is 0 Å². The lowest BCUT2D eigenvalue weighted by molar-refractivity contribution is -0.119.